The van der Waals surface area contributed by atoms with Crippen LogP contribution < -0.4 is 5.32 Å². The van der Waals surface area contributed by atoms with Crippen LogP contribution in [0.25, 0.3) is 0 Å². The van der Waals surface area contributed by atoms with Gasteiger partial charge in [0.2, 0.25) is 5.13 Å². The van der Waals surface area contributed by atoms with Crippen LogP contribution in [-0.4, -0.2) is 21.3 Å². The number of halogens is 1. The van der Waals surface area contributed by atoms with Crippen LogP contribution in [0.15, 0.2) is 0 Å². The van der Waals surface area contributed by atoms with Crippen molar-refractivity contribution in [2.45, 2.75) is 39.2 Å². The Labute approximate surface area is 94.1 Å². The maximum Gasteiger partial charge on any atom is 0.202 e. The van der Waals surface area contributed by atoms with E-state index in [-0.39, 0.29) is 0 Å². The Morgan fingerprint density at radius 3 is 2.79 bits per heavy atom. The molecule has 0 aromatic carbocycles. The maximum atomic E-state index is 5.70. The molecular formula is C9H16ClN3S. The lowest BCUT2D eigenvalue weighted by molar-refractivity contribution is 0.674. The van der Waals surface area contributed by atoms with Gasteiger partial charge in [0, 0.05) is 29.9 Å². The summed E-state index contributed by atoms with van der Waals surface area (Å²) in [6.45, 7) is 4.20. The smallest absolute Gasteiger partial charge is 0.202 e. The monoisotopic (exact) mass is 233 g/mol. The highest BCUT2D eigenvalue weighted by atomic mass is 35.5. The summed E-state index contributed by atoms with van der Waals surface area (Å²) >= 11 is 7.13. The van der Waals surface area contributed by atoms with Crippen molar-refractivity contribution in [2.24, 2.45) is 0 Å². The van der Waals surface area contributed by atoms with Gasteiger partial charge in [-0.05, 0) is 12.8 Å². The minimum atomic E-state index is 0.421. The van der Waals surface area contributed by atoms with Crippen molar-refractivity contribution in [3.8, 4) is 0 Å². The van der Waals surface area contributed by atoms with Crippen LogP contribution in [0.3, 0.4) is 0 Å². The Morgan fingerprint density at radius 2 is 2.29 bits per heavy atom. The van der Waals surface area contributed by atoms with Crippen molar-refractivity contribution in [1.82, 2.24) is 9.36 Å². The highest BCUT2D eigenvalue weighted by molar-refractivity contribution is 7.09. The lowest BCUT2D eigenvalue weighted by Crippen LogP contribution is -2.18. The summed E-state index contributed by atoms with van der Waals surface area (Å²) in [5.74, 6) is 1.60. The Morgan fingerprint density at radius 1 is 1.50 bits per heavy atom. The highest BCUT2D eigenvalue weighted by Gasteiger charge is 2.08. The zero-order chi connectivity index (χ0) is 10.4. The van der Waals surface area contributed by atoms with Crippen molar-refractivity contribution in [2.75, 3.05) is 11.2 Å². The molecule has 1 atom stereocenters. The molecule has 80 valence electrons. The van der Waals surface area contributed by atoms with Crippen molar-refractivity contribution < 1.29 is 0 Å². The molecule has 0 spiro atoms. The largest absolute Gasteiger partial charge is 0.358 e. The number of anilines is 1. The molecule has 1 rings (SSSR count). The van der Waals surface area contributed by atoms with Gasteiger partial charge in [0.05, 0.1) is 0 Å². The first-order valence-corrected chi connectivity index (χ1v) is 6.26. The number of aryl methyl sites for hydroxylation is 1. The van der Waals surface area contributed by atoms with Crippen LogP contribution in [-0.2, 0) is 6.42 Å². The van der Waals surface area contributed by atoms with Gasteiger partial charge in [-0.25, -0.2) is 4.98 Å². The van der Waals surface area contributed by atoms with E-state index in [0.29, 0.717) is 11.9 Å². The molecular weight excluding hydrogens is 218 g/mol. The van der Waals surface area contributed by atoms with E-state index >= 15 is 0 Å². The molecule has 0 radical (unpaired) electrons. The molecule has 0 aliphatic carbocycles. The topological polar surface area (TPSA) is 37.8 Å². The van der Waals surface area contributed by atoms with Crippen LogP contribution >= 0.6 is 23.1 Å². The van der Waals surface area contributed by atoms with E-state index < -0.39 is 0 Å². The molecule has 0 amide bonds. The highest BCUT2D eigenvalue weighted by Crippen LogP contribution is 2.15. The minimum Gasteiger partial charge on any atom is -0.358 e. The molecule has 0 saturated heterocycles. The fourth-order valence-corrected chi connectivity index (χ4v) is 2.13. The van der Waals surface area contributed by atoms with Crippen molar-refractivity contribution >= 4 is 28.3 Å². The molecule has 0 saturated carbocycles. The van der Waals surface area contributed by atoms with Crippen molar-refractivity contribution in [3.05, 3.63) is 5.82 Å². The first kappa shape index (κ1) is 11.7. The first-order chi connectivity index (χ1) is 6.80. The molecule has 3 nitrogen and oxygen atoms in total. The van der Waals surface area contributed by atoms with E-state index in [9.17, 15) is 0 Å². The second-order valence-corrected chi connectivity index (χ2v) is 4.23. The predicted octanol–water partition coefficient (Wildman–Crippen LogP) is 2.92. The van der Waals surface area contributed by atoms with Crippen LogP contribution in [0.2, 0.25) is 0 Å². The molecule has 0 fully saturated rings. The van der Waals surface area contributed by atoms with E-state index in [2.05, 4.69) is 28.5 Å². The van der Waals surface area contributed by atoms with Crippen LogP contribution in [0.5, 0.6) is 0 Å². The number of alkyl halides is 1. The standard InChI is InChI=1S/C9H16ClN3S/c1-3-7(5-6-10)11-9-12-8(4-2)13-14-9/h7H,3-6H2,1-2H3,(H,11,12,13). The number of rotatable bonds is 6. The number of aromatic nitrogens is 2. The van der Waals surface area contributed by atoms with Gasteiger partial charge < -0.3 is 5.32 Å². The SMILES string of the molecule is CCc1nsc(NC(CC)CCCl)n1. The van der Waals surface area contributed by atoms with E-state index in [1.54, 1.807) is 0 Å². The van der Waals surface area contributed by atoms with Gasteiger partial charge in [-0.15, -0.1) is 11.6 Å². The number of hydrogen-bond acceptors (Lipinski definition) is 4. The van der Waals surface area contributed by atoms with Gasteiger partial charge in [0.1, 0.15) is 5.82 Å². The third-order valence-corrected chi connectivity index (χ3v) is 2.96. The van der Waals surface area contributed by atoms with Crippen LogP contribution in [0, 0.1) is 0 Å². The zero-order valence-electron chi connectivity index (χ0n) is 8.59. The second kappa shape index (κ2) is 6.19. The van der Waals surface area contributed by atoms with E-state index in [4.69, 9.17) is 11.6 Å². The van der Waals surface area contributed by atoms with Crippen molar-refractivity contribution in [3.63, 3.8) is 0 Å². The number of nitrogens with zero attached hydrogens (tertiary/aromatic N) is 2. The molecule has 0 aliphatic heterocycles. The summed E-state index contributed by atoms with van der Waals surface area (Å²) in [6, 6.07) is 0.421. The van der Waals surface area contributed by atoms with Crippen molar-refractivity contribution in [1.29, 1.82) is 0 Å². The third kappa shape index (κ3) is 3.42. The van der Waals surface area contributed by atoms with Gasteiger partial charge >= 0.3 is 0 Å². The van der Waals surface area contributed by atoms with E-state index in [0.717, 1.165) is 30.2 Å². The fourth-order valence-electron chi connectivity index (χ4n) is 1.14. The van der Waals surface area contributed by atoms with Gasteiger partial charge in [-0.3, -0.25) is 0 Å². The number of nitrogens with one attached hydrogen (secondary N) is 1. The Bertz CT molecular complexity index is 264. The summed E-state index contributed by atoms with van der Waals surface area (Å²) in [4.78, 5) is 4.35. The fraction of sp³-hybridized carbons (Fsp3) is 0.778. The molecule has 5 heteroatoms. The molecule has 1 unspecified atom stereocenters. The number of hydrogen-bond donors (Lipinski definition) is 1. The lowest BCUT2D eigenvalue weighted by atomic mass is 10.2. The lowest BCUT2D eigenvalue weighted by Gasteiger charge is -2.13. The normalized spacial score (nSPS) is 12.8. The summed E-state index contributed by atoms with van der Waals surface area (Å²) in [5, 5.41) is 4.26. The Kier molecular flexibility index (Phi) is 5.19. The molecule has 14 heavy (non-hydrogen) atoms. The molecule has 0 aliphatic rings. The summed E-state index contributed by atoms with van der Waals surface area (Å²) < 4.78 is 4.22. The van der Waals surface area contributed by atoms with Crippen LogP contribution in [0.1, 0.15) is 32.5 Å². The Hall–Kier alpha value is -0.350. The van der Waals surface area contributed by atoms with Gasteiger partial charge in [-0.2, -0.15) is 4.37 Å². The zero-order valence-corrected chi connectivity index (χ0v) is 10.2. The molecule has 1 N–H and O–H groups in total. The van der Waals surface area contributed by atoms with Gasteiger partial charge in [-0.1, -0.05) is 13.8 Å². The maximum absolute atomic E-state index is 5.70. The van der Waals surface area contributed by atoms with E-state index in [1.807, 2.05) is 0 Å². The predicted molar refractivity (Wildman–Crippen MR) is 62.3 cm³/mol. The molecule has 0 bridgehead atoms. The third-order valence-electron chi connectivity index (χ3n) is 2.06. The first-order valence-electron chi connectivity index (χ1n) is 4.95. The average Bonchev–Trinajstić information content (AvgIpc) is 2.65. The van der Waals surface area contributed by atoms with E-state index in [1.165, 1.54) is 11.5 Å². The molecule has 1 aromatic rings. The summed E-state index contributed by atoms with van der Waals surface area (Å²) in [5.41, 5.74) is 0. The van der Waals surface area contributed by atoms with Gasteiger partial charge in [0.25, 0.3) is 0 Å². The molecule has 1 heterocycles. The summed E-state index contributed by atoms with van der Waals surface area (Å²) in [7, 11) is 0. The molecule has 1 aromatic heterocycles. The Balaban J connectivity index is 2.48. The second-order valence-electron chi connectivity index (χ2n) is 3.10. The van der Waals surface area contributed by atoms with Crippen LogP contribution in [0.4, 0.5) is 5.13 Å². The summed E-state index contributed by atoms with van der Waals surface area (Å²) in [6.07, 6.45) is 2.93. The quantitative estimate of drug-likeness (QED) is 0.768. The average molecular weight is 234 g/mol. The minimum absolute atomic E-state index is 0.421. The van der Waals surface area contributed by atoms with Gasteiger partial charge in [0.15, 0.2) is 0 Å².